The van der Waals surface area contributed by atoms with Gasteiger partial charge < -0.3 is 10.6 Å². The highest BCUT2D eigenvalue weighted by Crippen LogP contribution is 2.25. The number of nitro groups is 1. The van der Waals surface area contributed by atoms with Crippen molar-refractivity contribution in [2.45, 2.75) is 12.8 Å². The zero-order valence-electron chi connectivity index (χ0n) is 10.4. The molecule has 1 aromatic rings. The number of nitriles is 1. The van der Waals surface area contributed by atoms with Crippen LogP contribution in [0.2, 0.25) is 0 Å². The molecule has 1 aliphatic rings. The van der Waals surface area contributed by atoms with Gasteiger partial charge in [-0.3, -0.25) is 10.1 Å². The second kappa shape index (κ2) is 6.11. The molecule has 0 aromatic carbocycles. The third-order valence-corrected chi connectivity index (χ3v) is 3.23. The summed E-state index contributed by atoms with van der Waals surface area (Å²) in [4.78, 5) is 14.4. The summed E-state index contributed by atoms with van der Waals surface area (Å²) in [6.07, 6.45) is 3.48. The van der Waals surface area contributed by atoms with Gasteiger partial charge in [-0.25, -0.2) is 4.98 Å². The Bertz CT molecular complexity index is 505. The van der Waals surface area contributed by atoms with Gasteiger partial charge in [-0.1, -0.05) is 0 Å². The van der Waals surface area contributed by atoms with Crippen molar-refractivity contribution >= 4 is 11.5 Å². The van der Waals surface area contributed by atoms with Crippen molar-refractivity contribution in [1.82, 2.24) is 10.3 Å². The van der Waals surface area contributed by atoms with Crippen molar-refractivity contribution in [3.05, 3.63) is 27.9 Å². The largest absolute Gasteiger partial charge is 0.364 e. The van der Waals surface area contributed by atoms with Gasteiger partial charge in [0.2, 0.25) is 5.82 Å². The van der Waals surface area contributed by atoms with E-state index in [1.807, 2.05) is 6.07 Å². The lowest BCUT2D eigenvalue weighted by Crippen LogP contribution is -2.14. The van der Waals surface area contributed by atoms with Crippen molar-refractivity contribution < 1.29 is 4.92 Å². The zero-order chi connectivity index (χ0) is 13.7. The first kappa shape index (κ1) is 13.2. The van der Waals surface area contributed by atoms with E-state index in [-0.39, 0.29) is 17.1 Å². The molecule has 0 aliphatic carbocycles. The van der Waals surface area contributed by atoms with E-state index in [1.165, 1.54) is 12.3 Å². The van der Waals surface area contributed by atoms with Gasteiger partial charge in [0.05, 0.1) is 4.92 Å². The molecule has 7 nitrogen and oxygen atoms in total. The molecule has 1 aromatic heterocycles. The van der Waals surface area contributed by atoms with Crippen LogP contribution in [0, 0.1) is 27.4 Å². The molecule has 100 valence electrons. The van der Waals surface area contributed by atoms with Crippen molar-refractivity contribution in [3.8, 4) is 6.07 Å². The van der Waals surface area contributed by atoms with Crippen LogP contribution in [-0.2, 0) is 0 Å². The fourth-order valence-electron chi connectivity index (χ4n) is 2.21. The fraction of sp³-hybridized carbons (Fsp3) is 0.500. The standard InChI is InChI=1S/C12H15N5O2/c13-7-10-3-6-16-12(11(10)17(18)19)15-5-2-9-1-4-14-8-9/h3,6,9,14H,1-2,4-5,8H2,(H,15,16). The Labute approximate surface area is 110 Å². The normalized spacial score (nSPS) is 17.9. The van der Waals surface area contributed by atoms with E-state index in [2.05, 4.69) is 15.6 Å². The van der Waals surface area contributed by atoms with Gasteiger partial charge in [-0.2, -0.15) is 5.26 Å². The van der Waals surface area contributed by atoms with Crippen LogP contribution in [0.1, 0.15) is 18.4 Å². The Morgan fingerprint density at radius 3 is 3.16 bits per heavy atom. The topological polar surface area (TPSA) is 104 Å². The summed E-state index contributed by atoms with van der Waals surface area (Å²) in [6, 6.07) is 3.17. The maximum atomic E-state index is 11.0. The van der Waals surface area contributed by atoms with Crippen LogP contribution in [0.25, 0.3) is 0 Å². The molecule has 2 heterocycles. The number of pyridine rings is 1. The Hall–Kier alpha value is -2.20. The van der Waals surface area contributed by atoms with Crippen LogP contribution in [-0.4, -0.2) is 29.5 Å². The Morgan fingerprint density at radius 1 is 1.68 bits per heavy atom. The van der Waals surface area contributed by atoms with E-state index >= 15 is 0 Å². The predicted octanol–water partition coefficient (Wildman–Crippen LogP) is 1.27. The van der Waals surface area contributed by atoms with E-state index in [9.17, 15) is 10.1 Å². The molecule has 0 bridgehead atoms. The molecule has 2 rings (SSSR count). The highest BCUT2D eigenvalue weighted by atomic mass is 16.6. The van der Waals surface area contributed by atoms with Crippen LogP contribution >= 0.6 is 0 Å². The molecule has 19 heavy (non-hydrogen) atoms. The minimum absolute atomic E-state index is 0.0324. The lowest BCUT2D eigenvalue weighted by molar-refractivity contribution is -0.384. The Kier molecular flexibility index (Phi) is 4.26. The van der Waals surface area contributed by atoms with Gasteiger partial charge in [0.25, 0.3) is 0 Å². The molecular formula is C12H15N5O2. The van der Waals surface area contributed by atoms with E-state index in [0.29, 0.717) is 12.5 Å². The zero-order valence-corrected chi connectivity index (χ0v) is 10.4. The van der Waals surface area contributed by atoms with Crippen LogP contribution in [0.3, 0.4) is 0 Å². The van der Waals surface area contributed by atoms with Crippen LogP contribution in [0.4, 0.5) is 11.5 Å². The lowest BCUT2D eigenvalue weighted by Gasteiger charge is -2.10. The minimum atomic E-state index is -0.564. The van der Waals surface area contributed by atoms with E-state index in [0.717, 1.165) is 25.9 Å². The van der Waals surface area contributed by atoms with Crippen molar-refractivity contribution in [2.24, 2.45) is 5.92 Å². The second-order valence-corrected chi connectivity index (χ2v) is 4.50. The number of aromatic nitrogens is 1. The molecular weight excluding hydrogens is 246 g/mol. The number of nitrogens with zero attached hydrogens (tertiary/aromatic N) is 3. The van der Waals surface area contributed by atoms with Gasteiger partial charge in [0, 0.05) is 12.7 Å². The summed E-state index contributed by atoms with van der Waals surface area (Å²) in [6.45, 7) is 2.65. The molecule has 0 radical (unpaired) electrons. The van der Waals surface area contributed by atoms with E-state index in [1.54, 1.807) is 0 Å². The SMILES string of the molecule is N#Cc1ccnc(NCCC2CCNC2)c1[N+](=O)[O-]. The summed E-state index contributed by atoms with van der Waals surface area (Å²) in [7, 11) is 0. The summed E-state index contributed by atoms with van der Waals surface area (Å²) >= 11 is 0. The van der Waals surface area contributed by atoms with Gasteiger partial charge in [-0.15, -0.1) is 0 Å². The third-order valence-electron chi connectivity index (χ3n) is 3.23. The van der Waals surface area contributed by atoms with Crippen LogP contribution in [0.15, 0.2) is 12.3 Å². The molecule has 1 fully saturated rings. The summed E-state index contributed by atoms with van der Waals surface area (Å²) in [5, 5.41) is 26.1. The highest BCUT2D eigenvalue weighted by Gasteiger charge is 2.21. The molecule has 1 saturated heterocycles. The van der Waals surface area contributed by atoms with Crippen molar-refractivity contribution in [2.75, 3.05) is 25.0 Å². The van der Waals surface area contributed by atoms with Gasteiger partial charge >= 0.3 is 5.69 Å². The number of anilines is 1. The van der Waals surface area contributed by atoms with E-state index in [4.69, 9.17) is 5.26 Å². The Balaban J connectivity index is 2.03. The Morgan fingerprint density at radius 2 is 2.53 bits per heavy atom. The van der Waals surface area contributed by atoms with Crippen molar-refractivity contribution in [3.63, 3.8) is 0 Å². The number of rotatable bonds is 5. The first-order valence-electron chi connectivity index (χ1n) is 6.20. The van der Waals surface area contributed by atoms with Crippen LogP contribution < -0.4 is 10.6 Å². The van der Waals surface area contributed by atoms with Crippen molar-refractivity contribution in [1.29, 1.82) is 5.26 Å². The maximum absolute atomic E-state index is 11.0. The quantitative estimate of drug-likeness (QED) is 0.611. The van der Waals surface area contributed by atoms with Gasteiger partial charge in [-0.05, 0) is 37.9 Å². The maximum Gasteiger partial charge on any atom is 0.328 e. The van der Waals surface area contributed by atoms with E-state index < -0.39 is 4.92 Å². The molecule has 0 saturated carbocycles. The first-order valence-corrected chi connectivity index (χ1v) is 6.20. The monoisotopic (exact) mass is 261 g/mol. The molecule has 1 unspecified atom stereocenters. The van der Waals surface area contributed by atoms with Gasteiger partial charge in [0.15, 0.2) is 0 Å². The molecule has 0 spiro atoms. The summed E-state index contributed by atoms with van der Waals surface area (Å²) < 4.78 is 0. The molecule has 0 amide bonds. The highest BCUT2D eigenvalue weighted by molar-refractivity contribution is 5.63. The predicted molar refractivity (Wildman–Crippen MR) is 69.7 cm³/mol. The molecule has 1 aliphatic heterocycles. The summed E-state index contributed by atoms with van der Waals surface area (Å²) in [5.41, 5.74) is -0.209. The minimum Gasteiger partial charge on any atom is -0.364 e. The average Bonchev–Trinajstić information content (AvgIpc) is 2.91. The fourth-order valence-corrected chi connectivity index (χ4v) is 2.21. The third kappa shape index (κ3) is 3.17. The van der Waals surface area contributed by atoms with Crippen LogP contribution in [0.5, 0.6) is 0 Å². The molecule has 7 heteroatoms. The number of hydrogen-bond acceptors (Lipinski definition) is 6. The smallest absolute Gasteiger partial charge is 0.328 e. The number of hydrogen-bond donors (Lipinski definition) is 2. The average molecular weight is 261 g/mol. The second-order valence-electron chi connectivity index (χ2n) is 4.50. The number of nitrogens with one attached hydrogen (secondary N) is 2. The summed E-state index contributed by atoms with van der Waals surface area (Å²) in [5.74, 6) is 0.778. The first-order chi connectivity index (χ1) is 9.22. The molecule has 2 N–H and O–H groups in total. The van der Waals surface area contributed by atoms with Gasteiger partial charge in [0.1, 0.15) is 11.6 Å². The lowest BCUT2D eigenvalue weighted by atomic mass is 10.1. The molecule has 1 atom stereocenters.